The molecule has 0 spiro atoms. The molecule has 0 aliphatic rings. The summed E-state index contributed by atoms with van der Waals surface area (Å²) in [5, 5.41) is 12.4. The zero-order valence-electron chi connectivity index (χ0n) is 9.43. The maximum absolute atomic E-state index is 8.65. The van der Waals surface area contributed by atoms with Gasteiger partial charge in [-0.2, -0.15) is 5.26 Å². The van der Waals surface area contributed by atoms with Crippen molar-refractivity contribution < 1.29 is 14.0 Å². The number of rotatable bonds is 3. The normalized spacial score (nSPS) is 9.71. The molecule has 1 aromatic carbocycles. The Morgan fingerprint density at radius 1 is 1.18 bits per heavy atom. The first-order valence-electron chi connectivity index (χ1n) is 4.87. The molecule has 86 valence electrons. The lowest BCUT2D eigenvalue weighted by Gasteiger charge is -2.07. The van der Waals surface area contributed by atoms with E-state index < -0.39 is 0 Å². The summed E-state index contributed by atoms with van der Waals surface area (Å²) in [5.41, 5.74) is 1.38. The predicted octanol–water partition coefficient (Wildman–Crippen LogP) is 2.23. The highest BCUT2D eigenvalue weighted by atomic mass is 16.5. The summed E-state index contributed by atoms with van der Waals surface area (Å²) in [6.07, 6.45) is 0. The van der Waals surface area contributed by atoms with Crippen molar-refractivity contribution in [3.8, 4) is 28.8 Å². The molecule has 2 rings (SSSR count). The van der Waals surface area contributed by atoms with Crippen molar-refractivity contribution in [1.82, 2.24) is 5.16 Å². The number of hydrogen-bond donors (Lipinski definition) is 0. The molecule has 0 amide bonds. The summed E-state index contributed by atoms with van der Waals surface area (Å²) >= 11 is 0. The van der Waals surface area contributed by atoms with Gasteiger partial charge in [-0.1, -0.05) is 5.16 Å². The van der Waals surface area contributed by atoms with Crippen molar-refractivity contribution in [2.45, 2.75) is 0 Å². The van der Waals surface area contributed by atoms with Gasteiger partial charge in [-0.3, -0.25) is 0 Å². The lowest BCUT2D eigenvalue weighted by atomic mass is 10.1. The lowest BCUT2D eigenvalue weighted by molar-refractivity contribution is 0.355. The average Bonchev–Trinajstić information content (AvgIpc) is 2.86. The number of methoxy groups -OCH3 is 2. The third kappa shape index (κ3) is 2.06. The first-order valence-corrected chi connectivity index (χ1v) is 4.87. The number of aromatic nitrogens is 1. The Hall–Kier alpha value is -2.48. The van der Waals surface area contributed by atoms with Gasteiger partial charge in [0.15, 0.2) is 11.5 Å². The van der Waals surface area contributed by atoms with Gasteiger partial charge in [0.2, 0.25) is 5.76 Å². The number of hydrogen-bond acceptors (Lipinski definition) is 5. The van der Waals surface area contributed by atoms with E-state index in [2.05, 4.69) is 5.16 Å². The first kappa shape index (κ1) is 11.0. The van der Waals surface area contributed by atoms with E-state index in [1.165, 1.54) is 0 Å². The fraction of sp³-hybridized carbons (Fsp3) is 0.167. The smallest absolute Gasteiger partial charge is 0.236 e. The largest absolute Gasteiger partial charge is 0.493 e. The summed E-state index contributed by atoms with van der Waals surface area (Å²) in [4.78, 5) is 0. The standard InChI is InChI=1S/C12H10N2O3/c1-15-11-4-3-8(5-12(11)16-2)10-6-9(7-13)17-14-10/h3-6H,1-2H3. The van der Waals surface area contributed by atoms with Crippen molar-refractivity contribution in [1.29, 1.82) is 5.26 Å². The van der Waals surface area contributed by atoms with Gasteiger partial charge < -0.3 is 14.0 Å². The Morgan fingerprint density at radius 2 is 1.94 bits per heavy atom. The van der Waals surface area contributed by atoms with E-state index in [4.69, 9.17) is 19.3 Å². The van der Waals surface area contributed by atoms with Gasteiger partial charge in [-0.05, 0) is 18.2 Å². The minimum absolute atomic E-state index is 0.176. The topological polar surface area (TPSA) is 68.3 Å². The lowest BCUT2D eigenvalue weighted by Crippen LogP contribution is -1.90. The van der Waals surface area contributed by atoms with Crippen molar-refractivity contribution in [2.75, 3.05) is 14.2 Å². The van der Waals surface area contributed by atoms with Gasteiger partial charge in [-0.15, -0.1) is 0 Å². The van der Waals surface area contributed by atoms with Gasteiger partial charge in [0.05, 0.1) is 14.2 Å². The zero-order valence-corrected chi connectivity index (χ0v) is 9.43. The van der Waals surface area contributed by atoms with Crippen LogP contribution >= 0.6 is 0 Å². The Labute approximate surface area is 98.2 Å². The molecule has 0 aliphatic carbocycles. The van der Waals surface area contributed by atoms with Gasteiger partial charge in [-0.25, -0.2) is 0 Å². The van der Waals surface area contributed by atoms with Crippen molar-refractivity contribution in [2.24, 2.45) is 0 Å². The number of nitriles is 1. The summed E-state index contributed by atoms with van der Waals surface area (Å²) in [6, 6.07) is 8.82. The van der Waals surface area contributed by atoms with Crippen molar-refractivity contribution >= 4 is 0 Å². The molecule has 2 aromatic rings. The van der Waals surface area contributed by atoms with Gasteiger partial charge >= 0.3 is 0 Å². The molecular formula is C12H10N2O3. The fourth-order valence-corrected chi connectivity index (χ4v) is 1.46. The molecule has 5 nitrogen and oxygen atoms in total. The van der Waals surface area contributed by atoms with Crippen molar-refractivity contribution in [3.63, 3.8) is 0 Å². The second kappa shape index (κ2) is 4.58. The highest BCUT2D eigenvalue weighted by molar-refractivity contribution is 5.64. The van der Waals surface area contributed by atoms with E-state index >= 15 is 0 Å². The molecule has 0 N–H and O–H groups in total. The molecule has 0 fully saturated rings. The average molecular weight is 230 g/mol. The van der Waals surface area contributed by atoms with Gasteiger partial charge in [0.1, 0.15) is 11.8 Å². The summed E-state index contributed by atoms with van der Waals surface area (Å²) < 4.78 is 15.1. The Bertz CT molecular complexity index is 569. The maximum atomic E-state index is 8.65. The number of benzene rings is 1. The van der Waals surface area contributed by atoms with Crippen LogP contribution in [0, 0.1) is 11.3 Å². The number of ether oxygens (including phenoxy) is 2. The predicted molar refractivity (Wildman–Crippen MR) is 59.8 cm³/mol. The van der Waals surface area contributed by atoms with Crippen LogP contribution in [0.15, 0.2) is 28.8 Å². The molecule has 0 aliphatic heterocycles. The molecule has 1 heterocycles. The third-order valence-electron chi connectivity index (χ3n) is 2.30. The fourth-order valence-electron chi connectivity index (χ4n) is 1.46. The monoisotopic (exact) mass is 230 g/mol. The van der Waals surface area contributed by atoms with Crippen LogP contribution in [0.3, 0.4) is 0 Å². The van der Waals surface area contributed by atoms with E-state index in [-0.39, 0.29) is 5.76 Å². The van der Waals surface area contributed by atoms with Crippen LogP contribution in [0.25, 0.3) is 11.3 Å². The van der Waals surface area contributed by atoms with Crippen LogP contribution in [-0.4, -0.2) is 19.4 Å². The minimum atomic E-state index is 0.176. The van der Waals surface area contributed by atoms with E-state index in [0.29, 0.717) is 17.2 Å². The van der Waals surface area contributed by atoms with Crippen LogP contribution in [0.2, 0.25) is 0 Å². The second-order valence-electron chi connectivity index (χ2n) is 3.26. The van der Waals surface area contributed by atoms with Crippen molar-refractivity contribution in [3.05, 3.63) is 30.0 Å². The van der Waals surface area contributed by atoms with E-state index in [0.717, 1.165) is 5.56 Å². The molecule has 0 bridgehead atoms. The highest BCUT2D eigenvalue weighted by Crippen LogP contribution is 2.31. The Morgan fingerprint density at radius 3 is 2.53 bits per heavy atom. The third-order valence-corrected chi connectivity index (χ3v) is 2.30. The molecule has 0 saturated carbocycles. The summed E-state index contributed by atoms with van der Waals surface area (Å²) in [6.45, 7) is 0. The van der Waals surface area contributed by atoms with Gasteiger partial charge in [0.25, 0.3) is 0 Å². The molecule has 17 heavy (non-hydrogen) atoms. The van der Waals surface area contributed by atoms with Crippen LogP contribution in [-0.2, 0) is 0 Å². The van der Waals surface area contributed by atoms with E-state index in [9.17, 15) is 0 Å². The highest BCUT2D eigenvalue weighted by Gasteiger charge is 2.10. The van der Waals surface area contributed by atoms with Gasteiger partial charge in [0, 0.05) is 11.6 Å². The Kier molecular flexibility index (Phi) is 2.97. The quantitative estimate of drug-likeness (QED) is 0.808. The van der Waals surface area contributed by atoms with Crippen LogP contribution in [0.1, 0.15) is 5.76 Å². The first-order chi connectivity index (χ1) is 8.28. The van der Waals surface area contributed by atoms with E-state index in [1.54, 1.807) is 32.4 Å². The molecule has 5 heteroatoms. The maximum Gasteiger partial charge on any atom is 0.236 e. The molecule has 0 atom stereocenters. The van der Waals surface area contributed by atoms with Crippen LogP contribution in [0.4, 0.5) is 0 Å². The minimum Gasteiger partial charge on any atom is -0.493 e. The Balaban J connectivity index is 2.43. The molecule has 0 unspecified atom stereocenters. The second-order valence-corrected chi connectivity index (χ2v) is 3.26. The molecular weight excluding hydrogens is 220 g/mol. The van der Waals surface area contributed by atoms with Crippen LogP contribution in [0.5, 0.6) is 11.5 Å². The molecule has 0 radical (unpaired) electrons. The van der Waals surface area contributed by atoms with E-state index in [1.807, 2.05) is 12.1 Å². The molecule has 0 saturated heterocycles. The summed E-state index contributed by atoms with van der Waals surface area (Å²) in [5.74, 6) is 1.42. The molecule has 1 aromatic heterocycles. The summed E-state index contributed by atoms with van der Waals surface area (Å²) in [7, 11) is 3.13. The zero-order chi connectivity index (χ0) is 12.3. The van der Waals surface area contributed by atoms with Crippen LogP contribution < -0.4 is 9.47 Å². The SMILES string of the molecule is COc1ccc(-c2cc(C#N)on2)cc1OC. The number of nitrogens with zero attached hydrogens (tertiary/aromatic N) is 2.